The van der Waals surface area contributed by atoms with E-state index in [9.17, 15) is 14.7 Å². The molecule has 0 aromatic carbocycles. The van der Waals surface area contributed by atoms with Crippen molar-refractivity contribution in [2.45, 2.75) is 18.0 Å². The Kier molecular flexibility index (Phi) is 3.73. The van der Waals surface area contributed by atoms with Gasteiger partial charge in [-0.15, -0.1) is 0 Å². The van der Waals surface area contributed by atoms with Gasteiger partial charge in [0.2, 0.25) is 5.88 Å². The average molecular weight is 230 g/mol. The zero-order chi connectivity index (χ0) is 11.4. The summed E-state index contributed by atoms with van der Waals surface area (Å²) in [6.45, 7) is 0. The standard InChI is InChI=1S/C8H10N2O4S/c1-15-8-9-6(13)4(7(14)10-8)2-3-5(11)12/h2-3H2,1H3,(H,11,12)(H2,9,10,13,14). The van der Waals surface area contributed by atoms with Gasteiger partial charge >= 0.3 is 5.97 Å². The van der Waals surface area contributed by atoms with Crippen LogP contribution in [0.3, 0.4) is 0 Å². The van der Waals surface area contributed by atoms with Crippen LogP contribution in [-0.4, -0.2) is 32.4 Å². The summed E-state index contributed by atoms with van der Waals surface area (Å²) in [4.78, 5) is 27.8. The maximum atomic E-state index is 11.4. The van der Waals surface area contributed by atoms with Gasteiger partial charge in [0.15, 0.2) is 5.16 Å². The molecule has 0 radical (unpaired) electrons. The van der Waals surface area contributed by atoms with Crippen LogP contribution in [0.4, 0.5) is 0 Å². The van der Waals surface area contributed by atoms with Gasteiger partial charge in [-0.25, -0.2) is 0 Å². The second-order valence-corrected chi connectivity index (χ2v) is 3.57. The van der Waals surface area contributed by atoms with Crippen LogP contribution in [0.15, 0.2) is 9.95 Å². The van der Waals surface area contributed by atoms with Crippen LogP contribution in [-0.2, 0) is 11.2 Å². The molecule has 0 atom stereocenters. The van der Waals surface area contributed by atoms with Gasteiger partial charge in [-0.3, -0.25) is 9.59 Å². The second kappa shape index (κ2) is 4.83. The molecule has 1 heterocycles. The van der Waals surface area contributed by atoms with Crippen LogP contribution in [0.25, 0.3) is 0 Å². The third-order valence-corrected chi connectivity index (χ3v) is 2.33. The van der Waals surface area contributed by atoms with Crippen LogP contribution < -0.4 is 5.56 Å². The number of carbonyl (C=O) groups is 1. The van der Waals surface area contributed by atoms with Crippen molar-refractivity contribution in [3.05, 3.63) is 15.9 Å². The minimum atomic E-state index is -1.03. The molecule has 1 rings (SSSR count). The van der Waals surface area contributed by atoms with Crippen molar-refractivity contribution in [3.63, 3.8) is 0 Å². The summed E-state index contributed by atoms with van der Waals surface area (Å²) in [6, 6.07) is 0. The van der Waals surface area contributed by atoms with Gasteiger partial charge in [0.25, 0.3) is 5.56 Å². The third-order valence-electron chi connectivity index (χ3n) is 1.75. The molecule has 6 nitrogen and oxygen atoms in total. The Bertz CT molecular complexity index is 429. The molecule has 7 heteroatoms. The maximum absolute atomic E-state index is 11.4. The average Bonchev–Trinajstić information content (AvgIpc) is 2.15. The fourth-order valence-electron chi connectivity index (χ4n) is 1.02. The molecule has 0 bridgehead atoms. The van der Waals surface area contributed by atoms with Crippen LogP contribution in [0.5, 0.6) is 5.88 Å². The molecule has 15 heavy (non-hydrogen) atoms. The lowest BCUT2D eigenvalue weighted by molar-refractivity contribution is -0.136. The molecular weight excluding hydrogens is 220 g/mol. The number of carboxylic acid groups (broad SMARTS) is 1. The number of carboxylic acids is 1. The molecular formula is C8H10N2O4S. The number of aliphatic carboxylic acids is 1. The van der Waals surface area contributed by atoms with Crippen molar-refractivity contribution in [3.8, 4) is 5.88 Å². The molecule has 0 amide bonds. The van der Waals surface area contributed by atoms with E-state index in [1.807, 2.05) is 0 Å². The van der Waals surface area contributed by atoms with Gasteiger partial charge in [0.1, 0.15) is 0 Å². The smallest absolute Gasteiger partial charge is 0.303 e. The van der Waals surface area contributed by atoms with Crippen molar-refractivity contribution in [1.82, 2.24) is 9.97 Å². The number of nitrogens with one attached hydrogen (secondary N) is 1. The lowest BCUT2D eigenvalue weighted by Gasteiger charge is -2.02. The summed E-state index contributed by atoms with van der Waals surface area (Å²) in [6.07, 6.45) is 1.46. The first-order valence-corrected chi connectivity index (χ1v) is 5.35. The number of hydrogen-bond acceptors (Lipinski definition) is 5. The van der Waals surface area contributed by atoms with Crippen LogP contribution in [0.2, 0.25) is 0 Å². The Hall–Kier alpha value is -1.50. The van der Waals surface area contributed by atoms with Crippen molar-refractivity contribution in [1.29, 1.82) is 0 Å². The van der Waals surface area contributed by atoms with Crippen molar-refractivity contribution in [2.24, 2.45) is 0 Å². The number of aromatic hydroxyl groups is 1. The Morgan fingerprint density at radius 1 is 1.60 bits per heavy atom. The van der Waals surface area contributed by atoms with E-state index in [2.05, 4.69) is 9.97 Å². The summed E-state index contributed by atoms with van der Waals surface area (Å²) in [5.41, 5.74) is -0.483. The highest BCUT2D eigenvalue weighted by Gasteiger charge is 2.11. The topological polar surface area (TPSA) is 103 Å². The minimum absolute atomic E-state index is 0.00944. The SMILES string of the molecule is CSc1nc(O)c(CCC(=O)O)c(=O)[nH]1. The number of rotatable bonds is 4. The van der Waals surface area contributed by atoms with Crippen LogP contribution in [0.1, 0.15) is 12.0 Å². The van der Waals surface area contributed by atoms with E-state index < -0.39 is 17.4 Å². The molecule has 0 fully saturated rings. The molecule has 0 aliphatic heterocycles. The first-order chi connectivity index (χ1) is 7.04. The summed E-state index contributed by atoms with van der Waals surface area (Å²) in [5, 5.41) is 18.1. The predicted octanol–water partition coefficient (Wildman–Crippen LogP) is 0.215. The highest BCUT2D eigenvalue weighted by molar-refractivity contribution is 7.98. The van der Waals surface area contributed by atoms with Gasteiger partial charge < -0.3 is 15.2 Å². The number of thioether (sulfide) groups is 1. The van der Waals surface area contributed by atoms with E-state index in [0.29, 0.717) is 5.16 Å². The first kappa shape index (κ1) is 11.6. The van der Waals surface area contributed by atoms with Gasteiger partial charge in [0, 0.05) is 6.42 Å². The van der Waals surface area contributed by atoms with Crippen LogP contribution in [0, 0.1) is 0 Å². The summed E-state index contributed by atoms with van der Waals surface area (Å²) >= 11 is 1.19. The first-order valence-electron chi connectivity index (χ1n) is 4.12. The maximum Gasteiger partial charge on any atom is 0.303 e. The lowest BCUT2D eigenvalue weighted by Crippen LogP contribution is -2.16. The summed E-state index contributed by atoms with van der Waals surface area (Å²) in [5.74, 6) is -1.42. The highest BCUT2D eigenvalue weighted by atomic mass is 32.2. The molecule has 3 N–H and O–H groups in total. The summed E-state index contributed by atoms with van der Waals surface area (Å²) < 4.78 is 0. The molecule has 0 saturated carbocycles. The zero-order valence-electron chi connectivity index (χ0n) is 7.98. The predicted molar refractivity (Wildman–Crippen MR) is 54.3 cm³/mol. The van der Waals surface area contributed by atoms with Crippen molar-refractivity contribution < 1.29 is 15.0 Å². The zero-order valence-corrected chi connectivity index (χ0v) is 8.80. The largest absolute Gasteiger partial charge is 0.493 e. The number of aromatic amines is 1. The Morgan fingerprint density at radius 3 is 2.73 bits per heavy atom. The van der Waals surface area contributed by atoms with Crippen molar-refractivity contribution in [2.75, 3.05) is 6.26 Å². The molecule has 82 valence electrons. The molecule has 0 aliphatic carbocycles. The van der Waals surface area contributed by atoms with Gasteiger partial charge in [-0.05, 0) is 12.7 Å². The molecule has 0 saturated heterocycles. The highest BCUT2D eigenvalue weighted by Crippen LogP contribution is 2.14. The Balaban J connectivity index is 2.98. The van der Waals surface area contributed by atoms with E-state index in [0.717, 1.165) is 0 Å². The van der Waals surface area contributed by atoms with E-state index in [1.54, 1.807) is 6.26 Å². The summed E-state index contributed by atoms with van der Waals surface area (Å²) in [7, 11) is 0. The molecule has 1 aromatic heterocycles. The van der Waals surface area contributed by atoms with Gasteiger partial charge in [-0.1, -0.05) is 11.8 Å². The molecule has 0 aliphatic rings. The van der Waals surface area contributed by atoms with E-state index in [4.69, 9.17) is 5.11 Å². The molecule has 1 aromatic rings. The second-order valence-electron chi connectivity index (χ2n) is 2.77. The van der Waals surface area contributed by atoms with Gasteiger partial charge in [0.05, 0.1) is 5.56 Å². The fourth-order valence-corrected chi connectivity index (χ4v) is 1.39. The minimum Gasteiger partial charge on any atom is -0.493 e. The quantitative estimate of drug-likeness (QED) is 0.505. The normalized spacial score (nSPS) is 10.2. The number of nitrogens with zero attached hydrogens (tertiary/aromatic N) is 1. The molecule has 0 spiro atoms. The monoisotopic (exact) mass is 230 g/mol. The van der Waals surface area contributed by atoms with Crippen LogP contribution >= 0.6 is 11.8 Å². The number of hydrogen-bond donors (Lipinski definition) is 3. The van der Waals surface area contributed by atoms with E-state index in [-0.39, 0.29) is 18.4 Å². The molecule has 0 unspecified atom stereocenters. The van der Waals surface area contributed by atoms with Gasteiger partial charge in [-0.2, -0.15) is 4.98 Å². The number of H-pyrrole nitrogens is 1. The lowest BCUT2D eigenvalue weighted by atomic mass is 10.2. The number of aromatic nitrogens is 2. The van der Waals surface area contributed by atoms with E-state index >= 15 is 0 Å². The Labute approximate surface area is 89.4 Å². The third kappa shape index (κ3) is 2.98. The Morgan fingerprint density at radius 2 is 2.27 bits per heavy atom. The van der Waals surface area contributed by atoms with E-state index in [1.165, 1.54) is 11.8 Å². The van der Waals surface area contributed by atoms with Crippen molar-refractivity contribution >= 4 is 17.7 Å². The fraction of sp³-hybridized carbons (Fsp3) is 0.375.